The van der Waals surface area contributed by atoms with Gasteiger partial charge in [0, 0.05) is 43.6 Å². The summed E-state index contributed by atoms with van der Waals surface area (Å²) in [7, 11) is 0. The van der Waals surface area contributed by atoms with Crippen LogP contribution in [0.1, 0.15) is 0 Å². The molecule has 0 aliphatic carbocycles. The van der Waals surface area contributed by atoms with Gasteiger partial charge in [0.1, 0.15) is 22.3 Å². The van der Waals surface area contributed by atoms with Crippen molar-refractivity contribution in [3.05, 3.63) is 182 Å². The van der Waals surface area contributed by atoms with Crippen molar-refractivity contribution >= 4 is 87.2 Å². The molecule has 0 saturated carbocycles. The van der Waals surface area contributed by atoms with Gasteiger partial charge in [0.05, 0.1) is 22.1 Å². The number of hydrogen-bond donors (Lipinski definition) is 0. The molecule has 0 amide bonds. The molecule has 274 valence electrons. The summed E-state index contributed by atoms with van der Waals surface area (Å²) < 4.78 is 15.4. The van der Waals surface area contributed by atoms with Crippen LogP contribution in [0.4, 0.5) is 0 Å². The zero-order valence-electron chi connectivity index (χ0n) is 31.4. The van der Waals surface area contributed by atoms with Crippen LogP contribution < -0.4 is 0 Å². The van der Waals surface area contributed by atoms with E-state index in [1.165, 1.54) is 32.3 Å². The van der Waals surface area contributed by atoms with Gasteiger partial charge in [-0.25, -0.2) is 15.0 Å². The molecule has 4 heterocycles. The van der Waals surface area contributed by atoms with E-state index < -0.39 is 0 Å². The van der Waals surface area contributed by atoms with E-state index in [4.69, 9.17) is 23.8 Å². The predicted octanol–water partition coefficient (Wildman–Crippen LogP) is 14.1. The zero-order chi connectivity index (χ0) is 38.6. The molecule has 9 aromatic carbocycles. The minimum atomic E-state index is 0.558. The van der Waals surface area contributed by atoms with E-state index in [1.807, 2.05) is 54.6 Å². The van der Waals surface area contributed by atoms with Crippen LogP contribution in [0.5, 0.6) is 0 Å². The first kappa shape index (κ1) is 32.0. The van der Waals surface area contributed by atoms with Crippen molar-refractivity contribution in [2.24, 2.45) is 0 Å². The smallest absolute Gasteiger partial charge is 0.164 e. The molecule has 4 aromatic heterocycles. The Bertz CT molecular complexity index is 3860. The summed E-state index contributed by atoms with van der Waals surface area (Å²) in [6.45, 7) is 0. The van der Waals surface area contributed by atoms with E-state index in [2.05, 4.69) is 132 Å². The van der Waals surface area contributed by atoms with Crippen LogP contribution in [0.25, 0.3) is 127 Å². The van der Waals surface area contributed by atoms with Gasteiger partial charge in [-0.1, -0.05) is 121 Å². The van der Waals surface area contributed by atoms with Crippen molar-refractivity contribution < 1.29 is 8.83 Å². The summed E-state index contributed by atoms with van der Waals surface area (Å²) in [5.41, 5.74) is 9.16. The van der Waals surface area contributed by atoms with Gasteiger partial charge in [-0.3, -0.25) is 0 Å². The summed E-state index contributed by atoms with van der Waals surface area (Å²) in [6.07, 6.45) is 0. The first-order valence-electron chi connectivity index (χ1n) is 19.8. The number of nitrogens with zero attached hydrogens (tertiary/aromatic N) is 4. The van der Waals surface area contributed by atoms with Crippen LogP contribution in [0, 0.1) is 0 Å². The number of benzene rings is 9. The molecule has 0 fully saturated rings. The normalized spacial score (nSPS) is 12.1. The van der Waals surface area contributed by atoms with Crippen molar-refractivity contribution in [2.75, 3.05) is 0 Å². The summed E-state index contributed by atoms with van der Waals surface area (Å²) in [4.78, 5) is 15.1. The van der Waals surface area contributed by atoms with Crippen molar-refractivity contribution in [1.29, 1.82) is 0 Å². The van der Waals surface area contributed by atoms with E-state index in [0.29, 0.717) is 17.5 Å². The number of aromatic nitrogens is 4. The van der Waals surface area contributed by atoms with Gasteiger partial charge >= 0.3 is 0 Å². The van der Waals surface area contributed by atoms with E-state index in [-0.39, 0.29) is 0 Å². The third kappa shape index (κ3) is 4.84. The molecule has 0 radical (unpaired) electrons. The Hall–Kier alpha value is -8.09. The fourth-order valence-electron chi connectivity index (χ4n) is 9.08. The van der Waals surface area contributed by atoms with Crippen molar-refractivity contribution in [3.63, 3.8) is 0 Å². The standard InChI is InChI=1S/C53H30N4O2/c1-2-12-32(13-3-1)51-54-52(35-21-24-39-38-17-8-9-19-45(38)58-47(39)29-35)56-53(55-51)36-22-25-40-48(30-36)59-46-20-10-18-42(50(40)46)57-43-26-23-31-11-6-7-16-37(31)49(43)41-27-33-14-4-5-15-34(33)28-44(41)57/h1-30H. The average molecular weight is 755 g/mol. The van der Waals surface area contributed by atoms with Crippen LogP contribution in [0.15, 0.2) is 191 Å². The molecule has 6 nitrogen and oxygen atoms in total. The van der Waals surface area contributed by atoms with E-state index in [9.17, 15) is 0 Å². The van der Waals surface area contributed by atoms with Gasteiger partial charge in [0.2, 0.25) is 0 Å². The van der Waals surface area contributed by atoms with E-state index in [0.717, 1.165) is 77.3 Å². The maximum absolute atomic E-state index is 6.73. The SMILES string of the molecule is c1ccc(-c2nc(-c3ccc4c(c3)oc3ccccc34)nc(-c3ccc4c(c3)oc3cccc(-n5c6cc7ccccc7cc6c6c7ccccc7ccc65)c34)n2)cc1. The maximum atomic E-state index is 6.73. The Kier molecular flexibility index (Phi) is 6.63. The molecule has 0 unspecified atom stereocenters. The highest BCUT2D eigenvalue weighted by Crippen LogP contribution is 2.43. The number of hydrogen-bond acceptors (Lipinski definition) is 5. The fourth-order valence-corrected chi connectivity index (χ4v) is 9.08. The lowest BCUT2D eigenvalue weighted by Crippen LogP contribution is -2.00. The van der Waals surface area contributed by atoms with Crippen LogP contribution in [-0.4, -0.2) is 19.5 Å². The number of para-hydroxylation sites is 1. The Morgan fingerprint density at radius 3 is 1.71 bits per heavy atom. The molecule has 13 aromatic rings. The summed E-state index contributed by atoms with van der Waals surface area (Å²) in [6, 6.07) is 63.4. The molecule has 0 atom stereocenters. The van der Waals surface area contributed by atoms with E-state index in [1.54, 1.807) is 0 Å². The Morgan fingerprint density at radius 2 is 0.915 bits per heavy atom. The van der Waals surface area contributed by atoms with Gasteiger partial charge in [0.15, 0.2) is 17.5 Å². The topological polar surface area (TPSA) is 69.9 Å². The van der Waals surface area contributed by atoms with Crippen molar-refractivity contribution in [3.8, 4) is 39.9 Å². The lowest BCUT2D eigenvalue weighted by atomic mass is 10.0. The highest BCUT2D eigenvalue weighted by molar-refractivity contribution is 6.24. The van der Waals surface area contributed by atoms with Gasteiger partial charge in [-0.15, -0.1) is 0 Å². The molecular weight excluding hydrogens is 725 g/mol. The van der Waals surface area contributed by atoms with Crippen LogP contribution >= 0.6 is 0 Å². The minimum Gasteiger partial charge on any atom is -0.456 e. The average Bonchev–Trinajstić information content (AvgIpc) is 3.97. The number of rotatable bonds is 4. The summed E-state index contributed by atoms with van der Waals surface area (Å²) in [5, 5.41) is 11.6. The largest absolute Gasteiger partial charge is 0.456 e. The van der Waals surface area contributed by atoms with Gasteiger partial charge in [-0.2, -0.15) is 0 Å². The quantitative estimate of drug-likeness (QED) is 0.179. The van der Waals surface area contributed by atoms with Gasteiger partial charge in [-0.05, 0) is 82.2 Å². The zero-order valence-corrected chi connectivity index (χ0v) is 31.4. The van der Waals surface area contributed by atoms with Crippen LogP contribution in [0.3, 0.4) is 0 Å². The highest BCUT2D eigenvalue weighted by Gasteiger charge is 2.21. The predicted molar refractivity (Wildman–Crippen MR) is 240 cm³/mol. The van der Waals surface area contributed by atoms with Gasteiger partial charge in [0.25, 0.3) is 0 Å². The second-order valence-electron chi connectivity index (χ2n) is 15.2. The Labute approximate surface area is 336 Å². The Balaban J connectivity index is 1.01. The minimum absolute atomic E-state index is 0.558. The number of fused-ring (bicyclic) bond motifs is 12. The molecule has 59 heavy (non-hydrogen) atoms. The first-order chi connectivity index (χ1) is 29.2. The molecule has 13 rings (SSSR count). The molecule has 0 aliphatic heterocycles. The second kappa shape index (κ2) is 12.2. The third-order valence-electron chi connectivity index (χ3n) is 11.8. The number of furan rings is 2. The third-order valence-corrected chi connectivity index (χ3v) is 11.8. The lowest BCUT2D eigenvalue weighted by molar-refractivity contribution is 0.668. The summed E-state index contributed by atoms with van der Waals surface area (Å²) >= 11 is 0. The van der Waals surface area contributed by atoms with Gasteiger partial charge < -0.3 is 13.4 Å². The molecule has 6 heteroatoms. The first-order valence-corrected chi connectivity index (χ1v) is 19.8. The molecule has 0 aliphatic rings. The molecular formula is C53H30N4O2. The molecule has 0 saturated heterocycles. The maximum Gasteiger partial charge on any atom is 0.164 e. The molecule has 0 spiro atoms. The Morgan fingerprint density at radius 1 is 0.322 bits per heavy atom. The molecule has 0 N–H and O–H groups in total. The fraction of sp³-hybridized carbons (Fsp3) is 0. The van der Waals surface area contributed by atoms with Crippen molar-refractivity contribution in [2.45, 2.75) is 0 Å². The second-order valence-corrected chi connectivity index (χ2v) is 15.2. The highest BCUT2D eigenvalue weighted by atomic mass is 16.3. The lowest BCUT2D eigenvalue weighted by Gasteiger charge is -2.11. The van der Waals surface area contributed by atoms with Crippen LogP contribution in [0.2, 0.25) is 0 Å². The van der Waals surface area contributed by atoms with Crippen molar-refractivity contribution in [1.82, 2.24) is 19.5 Å². The monoisotopic (exact) mass is 754 g/mol. The molecule has 0 bridgehead atoms. The summed E-state index contributed by atoms with van der Waals surface area (Å²) in [5.74, 6) is 1.71. The van der Waals surface area contributed by atoms with Crippen LogP contribution in [-0.2, 0) is 0 Å². The van der Waals surface area contributed by atoms with E-state index >= 15 is 0 Å².